The number of primary amides is 1. The number of benzene rings is 2. The second-order valence-electron chi connectivity index (χ2n) is 15.7. The lowest BCUT2D eigenvalue weighted by molar-refractivity contribution is -0.153. The molecular weight excluding hydrogens is 716 g/mol. The lowest BCUT2D eigenvalue weighted by Gasteiger charge is -2.50. The highest BCUT2D eigenvalue weighted by atomic mass is 16.7. The molecule has 0 saturated heterocycles. The smallest absolute Gasteiger partial charge is 0.412 e. The van der Waals surface area contributed by atoms with E-state index in [1.807, 2.05) is 20.8 Å². The van der Waals surface area contributed by atoms with Gasteiger partial charge in [-0.3, -0.25) is 19.3 Å². The van der Waals surface area contributed by atoms with Gasteiger partial charge in [0.25, 0.3) is 5.91 Å². The Balaban J connectivity index is 1.52. The van der Waals surface area contributed by atoms with Crippen LogP contribution >= 0.6 is 0 Å². The van der Waals surface area contributed by atoms with Gasteiger partial charge < -0.3 is 50.2 Å². The molecule has 2 amide bonds. The summed E-state index contributed by atoms with van der Waals surface area (Å²) in [5, 5.41) is 46.9. The Bertz CT molecular complexity index is 2000. The van der Waals surface area contributed by atoms with Gasteiger partial charge in [-0.25, -0.2) is 9.59 Å². The molecule has 0 spiro atoms. The zero-order valence-corrected chi connectivity index (χ0v) is 32.1. The lowest BCUT2D eigenvalue weighted by Crippen LogP contribution is -2.65. The third-order valence-corrected chi connectivity index (χ3v) is 10.2. The van der Waals surface area contributed by atoms with E-state index in [1.54, 1.807) is 37.2 Å². The molecule has 3 aliphatic rings. The molecule has 4 atom stereocenters. The molecule has 16 heteroatoms. The number of anilines is 1. The normalized spacial score (nSPS) is 22.1. The van der Waals surface area contributed by atoms with E-state index in [2.05, 4.69) is 0 Å². The average Bonchev–Trinajstić information content (AvgIpc) is 3.09. The largest absolute Gasteiger partial charge is 0.508 e. The van der Waals surface area contributed by atoms with E-state index in [-0.39, 0.29) is 48.2 Å². The summed E-state index contributed by atoms with van der Waals surface area (Å²) in [6, 6.07) is 6.60. The summed E-state index contributed by atoms with van der Waals surface area (Å²) in [5.41, 5.74) is 2.24. The highest BCUT2D eigenvalue weighted by molar-refractivity contribution is 6.24. The third kappa shape index (κ3) is 7.31. The maximum absolute atomic E-state index is 14.3. The molecule has 2 aromatic rings. The fraction of sp³-hybridized carbons (Fsp3) is 0.462. The number of aromatic hydroxyl groups is 1. The van der Waals surface area contributed by atoms with Crippen molar-refractivity contribution in [1.82, 2.24) is 9.80 Å². The van der Waals surface area contributed by atoms with Crippen molar-refractivity contribution < 1.29 is 58.6 Å². The summed E-state index contributed by atoms with van der Waals surface area (Å²) in [4.78, 5) is 70.6. The number of amides is 2. The number of carbonyl (C=O) groups excluding carboxylic acids is 5. The van der Waals surface area contributed by atoms with Gasteiger partial charge in [0.1, 0.15) is 28.6 Å². The van der Waals surface area contributed by atoms with E-state index in [1.165, 1.54) is 43.1 Å². The Hall–Kier alpha value is -5.61. The fourth-order valence-electron chi connectivity index (χ4n) is 7.86. The third-order valence-electron chi connectivity index (χ3n) is 10.2. The van der Waals surface area contributed by atoms with Crippen LogP contribution in [-0.2, 0) is 36.8 Å². The Morgan fingerprint density at radius 2 is 1.64 bits per heavy atom. The predicted octanol–water partition coefficient (Wildman–Crippen LogP) is 2.84. The van der Waals surface area contributed by atoms with Gasteiger partial charge in [0.15, 0.2) is 11.4 Å². The average molecular weight is 765 g/mol. The van der Waals surface area contributed by atoms with Crippen molar-refractivity contribution in [3.8, 4) is 11.5 Å². The molecule has 0 aromatic heterocycles. The van der Waals surface area contributed by atoms with Crippen molar-refractivity contribution in [2.45, 2.75) is 51.8 Å². The number of hydrogen-bond acceptors (Lipinski definition) is 14. The quantitative estimate of drug-likeness (QED) is 0.133. The van der Waals surface area contributed by atoms with E-state index in [0.29, 0.717) is 17.0 Å². The van der Waals surface area contributed by atoms with Gasteiger partial charge in [-0.2, -0.15) is 0 Å². The number of nitrogens with zero attached hydrogens (tertiary/aromatic N) is 3. The maximum Gasteiger partial charge on any atom is 0.412 e. The van der Waals surface area contributed by atoms with Crippen LogP contribution in [0.4, 0.5) is 10.5 Å². The number of methoxy groups -OCH3 is 1. The fourth-order valence-corrected chi connectivity index (χ4v) is 7.86. The summed E-state index contributed by atoms with van der Waals surface area (Å²) in [5.74, 6) is -7.75. The maximum atomic E-state index is 14.3. The molecule has 0 heterocycles. The van der Waals surface area contributed by atoms with E-state index in [0.717, 1.165) is 0 Å². The number of hydrogen-bond donors (Lipinski definition) is 5. The molecule has 6 N–H and O–H groups in total. The number of nitrogens with two attached hydrogens (primary N) is 1. The van der Waals surface area contributed by atoms with Gasteiger partial charge in [-0.15, -0.1) is 0 Å². The number of likely N-dealkylation sites (N-methyl/N-ethyl adjacent to an activating group) is 1. The first-order valence-corrected chi connectivity index (χ1v) is 17.6. The van der Waals surface area contributed by atoms with Gasteiger partial charge in [0.2, 0.25) is 12.6 Å². The molecule has 296 valence electrons. The van der Waals surface area contributed by atoms with Crippen molar-refractivity contribution in [2.24, 2.45) is 23.0 Å². The van der Waals surface area contributed by atoms with Crippen LogP contribution in [0.1, 0.15) is 54.2 Å². The number of phenols is 1. The summed E-state index contributed by atoms with van der Waals surface area (Å²) in [6.45, 7) is 4.81. The molecule has 1 fully saturated rings. The molecule has 55 heavy (non-hydrogen) atoms. The first-order chi connectivity index (χ1) is 25.6. The number of rotatable bonds is 10. The number of aliphatic hydroxyl groups is 3. The summed E-state index contributed by atoms with van der Waals surface area (Å²) in [7, 11) is 8.04. The second kappa shape index (κ2) is 14.9. The van der Waals surface area contributed by atoms with Gasteiger partial charge in [-0.1, -0.05) is 20.8 Å². The zero-order valence-electron chi connectivity index (χ0n) is 32.1. The number of esters is 1. The van der Waals surface area contributed by atoms with Crippen LogP contribution in [0.2, 0.25) is 0 Å². The van der Waals surface area contributed by atoms with Crippen molar-refractivity contribution in [3.05, 3.63) is 69.5 Å². The van der Waals surface area contributed by atoms with E-state index < -0.39 is 88.1 Å². The molecule has 0 bridgehead atoms. The van der Waals surface area contributed by atoms with Crippen LogP contribution < -0.4 is 15.4 Å². The van der Waals surface area contributed by atoms with Gasteiger partial charge in [-0.05, 0) is 74.2 Å². The minimum atomic E-state index is -2.79. The number of carbonyl (C=O) groups is 5. The first kappa shape index (κ1) is 40.6. The van der Waals surface area contributed by atoms with Crippen LogP contribution in [-0.4, -0.2) is 120 Å². The van der Waals surface area contributed by atoms with Crippen molar-refractivity contribution >= 4 is 41.0 Å². The topological polar surface area (TPSA) is 230 Å². The van der Waals surface area contributed by atoms with Crippen LogP contribution in [0.25, 0.3) is 5.76 Å². The molecular formula is C39H48N4O12. The molecule has 1 saturated carbocycles. The Labute approximate surface area is 318 Å². The minimum absolute atomic E-state index is 0.0601. The first-order valence-electron chi connectivity index (χ1n) is 17.6. The van der Waals surface area contributed by atoms with Gasteiger partial charge in [0.05, 0.1) is 30.8 Å². The van der Waals surface area contributed by atoms with E-state index in [4.69, 9.17) is 19.9 Å². The number of ketones is 2. The number of ether oxygens (including phenoxy) is 3. The highest BCUT2D eigenvalue weighted by Crippen LogP contribution is 2.54. The Morgan fingerprint density at radius 3 is 2.18 bits per heavy atom. The summed E-state index contributed by atoms with van der Waals surface area (Å²) < 4.78 is 15.6. The predicted molar refractivity (Wildman–Crippen MR) is 198 cm³/mol. The number of aliphatic hydroxyl groups excluding tert-OH is 2. The molecule has 3 aliphatic carbocycles. The Kier molecular flexibility index (Phi) is 11.0. The highest BCUT2D eigenvalue weighted by Gasteiger charge is 2.64. The molecule has 2 aromatic carbocycles. The standard InChI is InChI=1S/C39H48N4O12/c1-38(2,3)17-43(37(51)55-18-54-36(50)19-9-11-22(53-8)12-10-19)16-21-15-25(41(4)5)23-13-20-14-24-29(42(6)7)32(46)28(35(40)49)34(48)39(24,52)33(47)26(20)31(45)27(23)30(21)44/h9-12,15,20,24,29,44-45,48,52H,13-14,16-18H2,1-8H3,(H2,40,49)/t20-,24-,29-,39-/m0/s1. The van der Waals surface area contributed by atoms with Crippen molar-refractivity contribution in [2.75, 3.05) is 53.5 Å². The molecule has 0 aliphatic heterocycles. The van der Waals surface area contributed by atoms with E-state index in [9.17, 15) is 44.4 Å². The monoisotopic (exact) mass is 764 g/mol. The molecule has 5 rings (SSSR count). The van der Waals surface area contributed by atoms with Crippen LogP contribution in [0.15, 0.2) is 47.2 Å². The Morgan fingerprint density at radius 1 is 1.00 bits per heavy atom. The minimum Gasteiger partial charge on any atom is -0.508 e. The van der Waals surface area contributed by atoms with Crippen LogP contribution in [0.3, 0.4) is 0 Å². The van der Waals surface area contributed by atoms with Crippen LogP contribution in [0.5, 0.6) is 11.5 Å². The van der Waals surface area contributed by atoms with Crippen molar-refractivity contribution in [3.63, 3.8) is 0 Å². The number of fused-ring (bicyclic) bond motifs is 3. The molecule has 0 radical (unpaired) electrons. The van der Waals surface area contributed by atoms with Gasteiger partial charge >= 0.3 is 12.1 Å². The van der Waals surface area contributed by atoms with Crippen molar-refractivity contribution in [1.29, 1.82) is 0 Å². The van der Waals surface area contributed by atoms with E-state index >= 15 is 0 Å². The van der Waals surface area contributed by atoms with Crippen LogP contribution in [0, 0.1) is 17.3 Å². The van der Waals surface area contributed by atoms with Gasteiger partial charge in [0, 0.05) is 43.4 Å². The lowest BCUT2D eigenvalue weighted by atomic mass is 9.57. The zero-order chi connectivity index (χ0) is 40.9. The summed E-state index contributed by atoms with van der Waals surface area (Å²) >= 11 is 0. The molecule has 0 unspecified atom stereocenters. The number of Topliss-reactive ketones (excluding diaryl/α,β-unsaturated/α-hetero) is 2. The number of phenolic OH excluding ortho intramolecular Hbond substituents is 1. The summed E-state index contributed by atoms with van der Waals surface area (Å²) in [6.07, 6.45) is -0.840. The SMILES string of the molecule is COc1ccc(C(=O)OCOC(=O)N(Cc2cc(N(C)C)c3c(c2O)C(O)=C2C(=O)[C@]4(O)C(O)=C(C(N)=O)C(=O)[C@@H](N(C)C)[C@@H]4C[C@@H]2C3)CC(C)(C)C)cc1. The second-order valence-corrected chi connectivity index (χ2v) is 15.7. The molecule has 16 nitrogen and oxygen atoms in total.